The summed E-state index contributed by atoms with van der Waals surface area (Å²) in [5.74, 6) is 0. The van der Waals surface area contributed by atoms with Crippen LogP contribution in [0.15, 0.2) is 303 Å². The molecule has 13 aromatic carbocycles. The zero-order valence-corrected chi connectivity index (χ0v) is 50.4. The first kappa shape index (κ1) is 50.9. The molecule has 1 aliphatic rings. The topological polar surface area (TPSA) is 19.7 Å². The molecule has 5 heterocycles. The second kappa shape index (κ2) is 19.4. The van der Waals surface area contributed by atoms with Gasteiger partial charge in [-0.05, 0) is 171 Å². The van der Waals surface area contributed by atoms with Crippen LogP contribution in [0, 0.1) is 0 Å². The fraction of sp³-hybridized carbons (Fsp3) is 0.0353. The largest absolute Gasteiger partial charge is 0.309 e. The zero-order chi connectivity index (χ0) is 59.3. The maximum absolute atomic E-state index is 2.45. The lowest BCUT2D eigenvalue weighted by Gasteiger charge is -2.22. The van der Waals surface area contributed by atoms with Gasteiger partial charge in [-0.1, -0.05) is 196 Å². The Labute approximate surface area is 524 Å². The van der Waals surface area contributed by atoms with Gasteiger partial charge in [-0.3, -0.25) is 0 Å². The molecule has 0 bridgehead atoms. The summed E-state index contributed by atoms with van der Waals surface area (Å²) in [6.45, 7) is 4.83. The van der Waals surface area contributed by atoms with E-state index in [0.29, 0.717) is 0 Å². The molecule has 0 radical (unpaired) electrons. The Morgan fingerprint density at radius 2 is 0.533 bits per heavy atom. The van der Waals surface area contributed by atoms with Crippen molar-refractivity contribution < 1.29 is 0 Å². The maximum atomic E-state index is 2.45. The van der Waals surface area contributed by atoms with Crippen molar-refractivity contribution in [1.29, 1.82) is 0 Å². The molecule has 0 spiro atoms. The standard InChI is InChI=1S/C85H56N4S/c1-85(2)72-28-14-9-27-67(72)81-82(85)84(54-35-43-62(44-36-54)89-76-32-18-13-26-66(76)71-52-58(40-48-80(71)89)56-38-46-78-69(50-56)64-24-11-16-30-74(64)87(78)60-21-7-4-8-22-60)90-83(81)53-33-41-61(42-34-53)88-75-31-17-12-25-65(75)70-51-57(39-47-79(70)88)55-37-45-77-68(49-55)63-23-10-15-29-73(63)86(77)59-19-5-3-6-20-59/h3-52H,1-2H3. The van der Waals surface area contributed by atoms with E-state index in [9.17, 15) is 0 Å². The van der Waals surface area contributed by atoms with Crippen molar-refractivity contribution in [2.24, 2.45) is 0 Å². The number of hydrogen-bond donors (Lipinski definition) is 0. The molecule has 5 heteroatoms. The molecule has 0 saturated carbocycles. The summed E-state index contributed by atoms with van der Waals surface area (Å²) in [5.41, 5.74) is 26.8. The maximum Gasteiger partial charge on any atom is 0.0541 e. The molecule has 0 amide bonds. The van der Waals surface area contributed by atoms with Crippen LogP contribution in [0.4, 0.5) is 0 Å². The van der Waals surface area contributed by atoms with Crippen LogP contribution in [0.3, 0.4) is 0 Å². The molecule has 19 rings (SSSR count). The van der Waals surface area contributed by atoms with E-state index in [1.165, 1.54) is 164 Å². The number of benzene rings is 13. The second-order valence-corrected chi connectivity index (χ2v) is 25.8. The summed E-state index contributed by atoms with van der Waals surface area (Å²) in [7, 11) is 0. The Morgan fingerprint density at radius 3 is 0.911 bits per heavy atom. The second-order valence-electron chi connectivity index (χ2n) is 24.8. The highest BCUT2D eigenvalue weighted by molar-refractivity contribution is 7.19. The molecule has 18 aromatic rings. The van der Waals surface area contributed by atoms with Gasteiger partial charge in [0.25, 0.3) is 0 Å². The minimum absolute atomic E-state index is 0.197. The SMILES string of the molecule is CC1(C)c2ccccc2-c2c(-c3ccc(-n4c5ccccc5c5cc(-c6ccc7c(c6)c6ccccc6n7-c6ccccc6)ccc54)cc3)sc(-c3ccc(-n4c5ccccc5c5cc(-c6ccc7c(c6)c6ccccc6n7-c6ccccc6)ccc54)cc3)c21. The number of rotatable bonds is 8. The van der Waals surface area contributed by atoms with E-state index in [2.05, 4.69) is 335 Å². The van der Waals surface area contributed by atoms with E-state index >= 15 is 0 Å². The molecule has 0 N–H and O–H groups in total. The predicted molar refractivity (Wildman–Crippen MR) is 381 cm³/mol. The van der Waals surface area contributed by atoms with Gasteiger partial charge in [0.2, 0.25) is 0 Å². The van der Waals surface area contributed by atoms with Crippen molar-refractivity contribution in [3.05, 3.63) is 314 Å². The third-order valence-electron chi connectivity index (χ3n) is 19.6. The van der Waals surface area contributed by atoms with Crippen molar-refractivity contribution in [3.63, 3.8) is 0 Å². The summed E-state index contributed by atoms with van der Waals surface area (Å²) < 4.78 is 9.66. The molecular weight excluding hydrogens is 1110 g/mol. The molecule has 0 atom stereocenters. The molecule has 0 fully saturated rings. The van der Waals surface area contributed by atoms with Gasteiger partial charge in [0.15, 0.2) is 0 Å². The van der Waals surface area contributed by atoms with E-state index in [1.807, 2.05) is 11.3 Å². The highest BCUT2D eigenvalue weighted by atomic mass is 32.1. The first-order chi connectivity index (χ1) is 44.4. The molecule has 90 heavy (non-hydrogen) atoms. The van der Waals surface area contributed by atoms with Crippen molar-refractivity contribution >= 4 is 98.6 Å². The number of fused-ring (bicyclic) bond motifs is 15. The van der Waals surface area contributed by atoms with Crippen LogP contribution in [0.25, 0.3) is 164 Å². The molecule has 0 saturated heterocycles. The quantitative estimate of drug-likeness (QED) is 0.144. The van der Waals surface area contributed by atoms with E-state index in [4.69, 9.17) is 0 Å². The lowest BCUT2D eigenvalue weighted by Crippen LogP contribution is -2.15. The van der Waals surface area contributed by atoms with Crippen LogP contribution in [0.2, 0.25) is 0 Å². The van der Waals surface area contributed by atoms with Gasteiger partial charge in [0.1, 0.15) is 0 Å². The number of para-hydroxylation sites is 6. The minimum Gasteiger partial charge on any atom is -0.309 e. The summed E-state index contributed by atoms with van der Waals surface area (Å²) in [6, 6.07) is 113. The molecule has 5 aromatic heterocycles. The van der Waals surface area contributed by atoms with Gasteiger partial charge in [0, 0.05) is 86.6 Å². The normalized spacial score (nSPS) is 12.9. The average molecular weight is 1170 g/mol. The molecule has 0 unspecified atom stereocenters. The fourth-order valence-electron chi connectivity index (χ4n) is 15.5. The highest BCUT2D eigenvalue weighted by Crippen LogP contribution is 2.59. The van der Waals surface area contributed by atoms with E-state index in [1.54, 1.807) is 0 Å². The zero-order valence-electron chi connectivity index (χ0n) is 49.6. The van der Waals surface area contributed by atoms with Crippen molar-refractivity contribution in [1.82, 2.24) is 18.3 Å². The van der Waals surface area contributed by atoms with Gasteiger partial charge >= 0.3 is 0 Å². The molecule has 422 valence electrons. The van der Waals surface area contributed by atoms with Crippen LogP contribution >= 0.6 is 11.3 Å². The fourth-order valence-corrected chi connectivity index (χ4v) is 17.0. The smallest absolute Gasteiger partial charge is 0.0541 e. The first-order valence-electron chi connectivity index (χ1n) is 31.1. The third-order valence-corrected chi connectivity index (χ3v) is 20.9. The molecule has 0 aliphatic heterocycles. The number of aromatic nitrogens is 4. The van der Waals surface area contributed by atoms with Crippen molar-refractivity contribution in [2.45, 2.75) is 19.3 Å². The number of nitrogens with zero attached hydrogens (tertiary/aromatic N) is 4. The Kier molecular flexibility index (Phi) is 11.0. The predicted octanol–water partition coefficient (Wildman–Crippen LogP) is 23.1. The van der Waals surface area contributed by atoms with Gasteiger partial charge in [-0.2, -0.15) is 0 Å². The van der Waals surface area contributed by atoms with Crippen LogP contribution in [-0.2, 0) is 5.41 Å². The van der Waals surface area contributed by atoms with Crippen LogP contribution in [0.1, 0.15) is 25.0 Å². The van der Waals surface area contributed by atoms with Gasteiger partial charge < -0.3 is 18.3 Å². The van der Waals surface area contributed by atoms with Crippen LogP contribution in [-0.4, -0.2) is 18.3 Å². The minimum atomic E-state index is -0.197. The van der Waals surface area contributed by atoms with Crippen molar-refractivity contribution in [2.75, 3.05) is 0 Å². The monoisotopic (exact) mass is 1160 g/mol. The summed E-state index contributed by atoms with van der Waals surface area (Å²) in [5, 5.41) is 9.99. The Hall–Kier alpha value is -11.2. The average Bonchev–Trinajstić information content (AvgIpc) is 1.65. The van der Waals surface area contributed by atoms with Gasteiger partial charge in [-0.15, -0.1) is 11.3 Å². The first-order valence-corrected chi connectivity index (χ1v) is 32.0. The Bertz CT molecular complexity index is 5970. The summed E-state index contributed by atoms with van der Waals surface area (Å²) in [4.78, 5) is 2.63. The van der Waals surface area contributed by atoms with Gasteiger partial charge in [-0.25, -0.2) is 0 Å². The Balaban J connectivity index is 0.680. The Morgan fingerprint density at radius 1 is 0.244 bits per heavy atom. The lowest BCUT2D eigenvalue weighted by atomic mass is 9.81. The van der Waals surface area contributed by atoms with Gasteiger partial charge in [0.05, 0.1) is 44.1 Å². The lowest BCUT2D eigenvalue weighted by molar-refractivity contribution is 0.664. The van der Waals surface area contributed by atoms with E-state index in [0.717, 1.165) is 11.4 Å². The van der Waals surface area contributed by atoms with E-state index < -0.39 is 0 Å². The molecule has 1 aliphatic carbocycles. The molecular formula is C85H56N4S. The number of hydrogen-bond acceptors (Lipinski definition) is 1. The third kappa shape index (κ3) is 7.41. The van der Waals surface area contributed by atoms with Crippen molar-refractivity contribution in [3.8, 4) is 77.0 Å². The molecule has 4 nitrogen and oxygen atoms in total. The van der Waals surface area contributed by atoms with Crippen LogP contribution in [0.5, 0.6) is 0 Å². The summed E-state index contributed by atoms with van der Waals surface area (Å²) in [6.07, 6.45) is 0. The van der Waals surface area contributed by atoms with E-state index in [-0.39, 0.29) is 5.41 Å². The van der Waals surface area contributed by atoms with Crippen LogP contribution < -0.4 is 0 Å². The summed E-state index contributed by atoms with van der Waals surface area (Å²) >= 11 is 1.94. The number of thiophene rings is 1. The highest BCUT2D eigenvalue weighted by Gasteiger charge is 2.41.